The second-order valence-electron chi connectivity index (χ2n) is 16.8. The van der Waals surface area contributed by atoms with Crippen LogP contribution in [0.15, 0.2) is 139 Å². The van der Waals surface area contributed by atoms with Gasteiger partial charge in [-0.25, -0.2) is 4.98 Å². The van der Waals surface area contributed by atoms with Gasteiger partial charge in [-0.2, -0.15) is 12.1 Å². The Morgan fingerprint density at radius 3 is 2.09 bits per heavy atom. The van der Waals surface area contributed by atoms with Crippen LogP contribution in [-0.4, -0.2) is 9.55 Å². The zero-order valence-corrected chi connectivity index (χ0v) is 35.1. The van der Waals surface area contributed by atoms with E-state index in [1.807, 2.05) is 24.4 Å². The van der Waals surface area contributed by atoms with Gasteiger partial charge in [-0.05, 0) is 64.0 Å². The number of nitrogens with zero attached hydrogens (tertiary/aromatic N) is 4. The van der Waals surface area contributed by atoms with E-state index in [1.165, 1.54) is 22.4 Å². The molecule has 0 fully saturated rings. The second-order valence-corrected chi connectivity index (χ2v) is 16.8. The fraction of sp³-hybridized carbons (Fsp3) is 0.224. The summed E-state index contributed by atoms with van der Waals surface area (Å²) >= 11 is 0. The maximum Gasteiger partial charge on any atom is 0.135 e. The minimum atomic E-state index is -0.209. The third-order valence-electron chi connectivity index (χ3n) is 10.5. The number of fused-ring (bicyclic) bond motifs is 3. The monoisotopic (exact) mass is 902 g/mol. The van der Waals surface area contributed by atoms with Crippen LogP contribution in [0.5, 0.6) is 11.5 Å². The SMILES string of the molecule is CC(C)(C)C1=CN(c2[c-]c(Oc3[c-]c4c(cc3)c3ccccc3n4-c3cc(C(C)(C)c4ccccc4)ccn3)ccc2)[CH-]N1c1cccc(C(C)(C)C)c1.[Pt]. The number of hydrogen-bond donors (Lipinski definition) is 0. The fourth-order valence-corrected chi connectivity index (χ4v) is 7.32. The summed E-state index contributed by atoms with van der Waals surface area (Å²) in [5.74, 6) is 2.06. The van der Waals surface area contributed by atoms with Gasteiger partial charge in [0.25, 0.3) is 0 Å². The Morgan fingerprint density at radius 1 is 0.618 bits per heavy atom. The number of anilines is 2. The van der Waals surface area contributed by atoms with Crippen LogP contribution in [0.1, 0.15) is 72.1 Å². The van der Waals surface area contributed by atoms with Crippen LogP contribution in [0.3, 0.4) is 0 Å². The van der Waals surface area contributed by atoms with E-state index in [1.54, 1.807) is 0 Å². The minimum absolute atomic E-state index is 0. The molecular weight excluding hydrogens is 856 g/mol. The van der Waals surface area contributed by atoms with Gasteiger partial charge in [0, 0.05) is 66.5 Å². The van der Waals surface area contributed by atoms with Crippen LogP contribution < -0.4 is 14.5 Å². The molecule has 282 valence electrons. The third kappa shape index (κ3) is 7.35. The first-order valence-corrected chi connectivity index (χ1v) is 18.7. The Bertz CT molecular complexity index is 2520. The number of hydrogen-bond acceptors (Lipinski definition) is 4. The average Bonchev–Trinajstić information content (AvgIpc) is 3.76. The summed E-state index contributed by atoms with van der Waals surface area (Å²) in [7, 11) is 0. The van der Waals surface area contributed by atoms with Gasteiger partial charge in [0.2, 0.25) is 0 Å². The van der Waals surface area contributed by atoms with Gasteiger partial charge >= 0.3 is 0 Å². The molecule has 0 aliphatic carbocycles. The van der Waals surface area contributed by atoms with Crippen molar-refractivity contribution >= 4 is 33.2 Å². The summed E-state index contributed by atoms with van der Waals surface area (Å²) in [6, 6.07) is 49.5. The zero-order chi connectivity index (χ0) is 37.8. The van der Waals surface area contributed by atoms with Crippen molar-refractivity contribution in [3.8, 4) is 17.3 Å². The molecule has 0 N–H and O–H groups in total. The van der Waals surface area contributed by atoms with Crippen molar-refractivity contribution in [3.05, 3.63) is 175 Å². The Labute approximate surface area is 340 Å². The fourth-order valence-electron chi connectivity index (χ4n) is 7.32. The summed E-state index contributed by atoms with van der Waals surface area (Å²) in [5, 5.41) is 2.23. The first-order valence-electron chi connectivity index (χ1n) is 18.7. The minimum Gasteiger partial charge on any atom is -0.509 e. The number of benzene rings is 5. The molecule has 8 rings (SSSR count). The Morgan fingerprint density at radius 2 is 1.33 bits per heavy atom. The van der Waals surface area contributed by atoms with Crippen LogP contribution in [0.2, 0.25) is 0 Å². The molecule has 0 radical (unpaired) electrons. The number of para-hydroxylation sites is 1. The standard InChI is InChI=1S/C49H47N4O.Pt/c1-47(2,3)35-18-14-20-38(28-35)52-33-51(32-45(52)48(4,5)6)37-19-15-21-39(30-37)54-40-24-25-42-41-22-12-13-23-43(41)53(44(42)31-40)46-29-36(26-27-50-46)49(7,8)34-16-10-9-11-17-34;/h9-29,32-33H,1-8H3;/q-3;. The maximum absolute atomic E-state index is 6.55. The molecule has 55 heavy (non-hydrogen) atoms. The molecule has 3 heterocycles. The van der Waals surface area contributed by atoms with E-state index in [4.69, 9.17) is 9.72 Å². The van der Waals surface area contributed by atoms with Crippen LogP contribution in [0, 0.1) is 24.2 Å². The van der Waals surface area contributed by atoms with E-state index in [0.29, 0.717) is 11.5 Å². The van der Waals surface area contributed by atoms with Crippen molar-refractivity contribution in [1.29, 1.82) is 0 Å². The van der Waals surface area contributed by atoms with E-state index in [-0.39, 0.29) is 37.3 Å². The molecule has 0 saturated carbocycles. The predicted octanol–water partition coefficient (Wildman–Crippen LogP) is 12.5. The molecule has 6 heteroatoms. The third-order valence-corrected chi connectivity index (χ3v) is 10.5. The normalized spacial score (nSPS) is 13.6. The first kappa shape index (κ1) is 38.2. The number of allylic oxidation sites excluding steroid dienone is 1. The van der Waals surface area contributed by atoms with Gasteiger partial charge in [0.1, 0.15) is 5.82 Å². The van der Waals surface area contributed by atoms with Crippen LogP contribution >= 0.6 is 0 Å². The molecule has 0 atom stereocenters. The predicted molar refractivity (Wildman–Crippen MR) is 223 cm³/mol. The number of ether oxygens (including phenoxy) is 1. The molecule has 0 spiro atoms. The van der Waals surface area contributed by atoms with Crippen molar-refractivity contribution < 1.29 is 25.8 Å². The van der Waals surface area contributed by atoms with Gasteiger partial charge in [-0.3, -0.25) is 0 Å². The number of aromatic nitrogens is 2. The first-order chi connectivity index (χ1) is 25.8. The van der Waals surface area contributed by atoms with E-state index >= 15 is 0 Å². The Kier molecular flexibility index (Phi) is 10.1. The van der Waals surface area contributed by atoms with Crippen molar-refractivity contribution in [2.75, 3.05) is 9.80 Å². The largest absolute Gasteiger partial charge is 0.509 e. The van der Waals surface area contributed by atoms with Gasteiger partial charge in [0.15, 0.2) is 0 Å². The molecule has 2 aromatic heterocycles. The van der Waals surface area contributed by atoms with E-state index in [0.717, 1.165) is 39.0 Å². The molecule has 1 aliphatic rings. The smallest absolute Gasteiger partial charge is 0.135 e. The van der Waals surface area contributed by atoms with E-state index in [9.17, 15) is 0 Å². The van der Waals surface area contributed by atoms with Gasteiger partial charge in [-0.1, -0.05) is 122 Å². The number of pyridine rings is 1. The number of rotatable bonds is 7. The average molecular weight is 903 g/mol. The van der Waals surface area contributed by atoms with Crippen molar-refractivity contribution in [3.63, 3.8) is 0 Å². The Balaban J connectivity index is 0.00000465. The topological polar surface area (TPSA) is 33.5 Å². The van der Waals surface area contributed by atoms with E-state index < -0.39 is 0 Å². The molecule has 0 saturated heterocycles. The van der Waals surface area contributed by atoms with Crippen LogP contribution in [0.4, 0.5) is 11.4 Å². The van der Waals surface area contributed by atoms with Crippen molar-refractivity contribution in [2.45, 2.75) is 66.2 Å². The Hall–Kier alpha value is -5.12. The summed E-state index contributed by atoms with van der Waals surface area (Å²) in [6.45, 7) is 20.2. The molecule has 0 amide bonds. The second kappa shape index (κ2) is 14.5. The van der Waals surface area contributed by atoms with Crippen molar-refractivity contribution in [2.24, 2.45) is 5.41 Å². The molecule has 7 aromatic rings. The molecular formula is C49H47N4OPt-3. The zero-order valence-electron chi connectivity index (χ0n) is 32.8. The summed E-state index contributed by atoms with van der Waals surface area (Å²) in [5.41, 5.74) is 8.70. The molecule has 5 aromatic carbocycles. The van der Waals surface area contributed by atoms with Crippen LogP contribution in [0.25, 0.3) is 27.6 Å². The molecule has 1 aliphatic heterocycles. The maximum atomic E-state index is 6.55. The summed E-state index contributed by atoms with van der Waals surface area (Å²) < 4.78 is 8.75. The summed E-state index contributed by atoms with van der Waals surface area (Å²) in [4.78, 5) is 9.33. The van der Waals surface area contributed by atoms with E-state index in [2.05, 4.69) is 198 Å². The van der Waals surface area contributed by atoms with Crippen LogP contribution in [-0.2, 0) is 31.9 Å². The molecule has 0 unspecified atom stereocenters. The van der Waals surface area contributed by atoms with Gasteiger partial charge in [0.05, 0.1) is 0 Å². The molecule has 5 nitrogen and oxygen atoms in total. The van der Waals surface area contributed by atoms with Gasteiger partial charge in [-0.15, -0.1) is 48.1 Å². The van der Waals surface area contributed by atoms with Gasteiger partial charge < -0.3 is 19.1 Å². The molecule has 0 bridgehead atoms. The summed E-state index contributed by atoms with van der Waals surface area (Å²) in [6.07, 6.45) is 4.12. The van der Waals surface area contributed by atoms with Crippen molar-refractivity contribution in [1.82, 2.24) is 9.55 Å². The quantitative estimate of drug-likeness (QED) is 0.149.